The Hall–Kier alpha value is -1.34. The summed E-state index contributed by atoms with van der Waals surface area (Å²) in [5.74, 6) is 0.529. The molecule has 0 amide bonds. The molecule has 1 aromatic heterocycles. The van der Waals surface area contributed by atoms with Gasteiger partial charge in [0.05, 0.1) is 16.8 Å². The van der Waals surface area contributed by atoms with Gasteiger partial charge in [-0.05, 0) is 46.9 Å². The maximum absolute atomic E-state index is 12.2. The minimum absolute atomic E-state index is 0.128. The van der Waals surface area contributed by atoms with Crippen LogP contribution in [0.1, 0.15) is 10.4 Å². The van der Waals surface area contributed by atoms with Crippen LogP contribution >= 0.6 is 34.4 Å². The molecule has 0 fully saturated rings. The molecule has 0 saturated carbocycles. The molecule has 0 aliphatic heterocycles. The molecule has 0 saturated heterocycles. The van der Waals surface area contributed by atoms with Crippen molar-refractivity contribution in [2.45, 2.75) is 5.16 Å². The second-order valence-electron chi connectivity index (χ2n) is 4.66. The average Bonchev–Trinajstić information content (AvgIpc) is 2.82. The molecular weight excluding hydrogens is 395 g/mol. The molecule has 106 valence electrons. The molecule has 21 heavy (non-hydrogen) atoms. The Morgan fingerprint density at radius 3 is 2.62 bits per heavy atom. The Balaban J connectivity index is 1.75. The lowest BCUT2D eigenvalue weighted by Gasteiger charge is -2.02. The number of carbonyl (C=O) groups is 1. The van der Waals surface area contributed by atoms with Crippen molar-refractivity contribution in [3.63, 3.8) is 0 Å². The van der Waals surface area contributed by atoms with Gasteiger partial charge < -0.3 is 4.57 Å². The minimum atomic E-state index is 0.128. The number of fused-ring (bicyclic) bond motifs is 1. The number of ketones is 1. The molecular formula is C16H13IN2OS. The molecule has 3 nitrogen and oxygen atoms in total. The number of benzene rings is 2. The predicted octanol–water partition coefficient (Wildman–Crippen LogP) is 4.15. The van der Waals surface area contributed by atoms with Gasteiger partial charge in [-0.15, -0.1) is 0 Å². The van der Waals surface area contributed by atoms with Crippen molar-refractivity contribution in [2.24, 2.45) is 7.05 Å². The molecule has 0 aliphatic rings. The highest BCUT2D eigenvalue weighted by atomic mass is 127. The summed E-state index contributed by atoms with van der Waals surface area (Å²) in [6.07, 6.45) is 0. The molecule has 3 rings (SSSR count). The molecule has 3 aromatic rings. The first-order valence-corrected chi connectivity index (χ1v) is 8.54. The molecule has 0 bridgehead atoms. The van der Waals surface area contributed by atoms with E-state index in [1.54, 1.807) is 0 Å². The van der Waals surface area contributed by atoms with Crippen molar-refractivity contribution in [2.75, 3.05) is 5.75 Å². The third-order valence-corrected chi connectivity index (χ3v) is 4.99. The number of imidazole rings is 1. The van der Waals surface area contributed by atoms with Crippen molar-refractivity contribution in [1.29, 1.82) is 0 Å². The summed E-state index contributed by atoms with van der Waals surface area (Å²) >= 11 is 3.71. The third kappa shape index (κ3) is 3.13. The van der Waals surface area contributed by atoms with Crippen molar-refractivity contribution in [3.8, 4) is 0 Å². The molecule has 0 unspecified atom stereocenters. The van der Waals surface area contributed by atoms with E-state index in [-0.39, 0.29) is 5.78 Å². The predicted molar refractivity (Wildman–Crippen MR) is 94.9 cm³/mol. The van der Waals surface area contributed by atoms with Crippen LogP contribution in [-0.4, -0.2) is 21.1 Å². The maximum Gasteiger partial charge on any atom is 0.173 e. The average molecular weight is 408 g/mol. The Labute approximate surface area is 140 Å². The lowest BCUT2D eigenvalue weighted by Crippen LogP contribution is -2.03. The van der Waals surface area contributed by atoms with E-state index in [9.17, 15) is 4.79 Å². The number of halogens is 1. The Bertz CT molecular complexity index is 796. The van der Waals surface area contributed by atoms with E-state index in [1.807, 2.05) is 60.1 Å². The van der Waals surface area contributed by atoms with Gasteiger partial charge in [-0.1, -0.05) is 36.0 Å². The lowest BCUT2D eigenvalue weighted by atomic mass is 10.2. The summed E-state index contributed by atoms with van der Waals surface area (Å²) in [5.41, 5.74) is 2.80. The zero-order valence-electron chi connectivity index (χ0n) is 11.4. The van der Waals surface area contributed by atoms with Crippen LogP contribution in [0.25, 0.3) is 11.0 Å². The summed E-state index contributed by atoms with van der Waals surface area (Å²) in [7, 11) is 1.98. The van der Waals surface area contributed by atoms with Gasteiger partial charge in [-0.25, -0.2) is 4.98 Å². The molecule has 0 spiro atoms. The zero-order chi connectivity index (χ0) is 14.8. The number of Topliss-reactive ketones (excluding diaryl/α,β-unsaturated/α-hetero) is 1. The number of aromatic nitrogens is 2. The van der Waals surface area contributed by atoms with E-state index in [4.69, 9.17) is 0 Å². The van der Waals surface area contributed by atoms with Crippen molar-refractivity contribution >= 4 is 51.2 Å². The number of nitrogens with zero attached hydrogens (tertiary/aromatic N) is 2. The highest BCUT2D eigenvalue weighted by Gasteiger charge is 2.11. The summed E-state index contributed by atoms with van der Waals surface area (Å²) < 4.78 is 3.16. The number of hydrogen-bond donors (Lipinski definition) is 0. The van der Waals surface area contributed by atoms with E-state index >= 15 is 0 Å². The summed E-state index contributed by atoms with van der Waals surface area (Å²) in [5, 5.41) is 0.870. The number of hydrogen-bond acceptors (Lipinski definition) is 3. The van der Waals surface area contributed by atoms with Crippen LogP contribution < -0.4 is 0 Å². The van der Waals surface area contributed by atoms with Crippen molar-refractivity contribution in [3.05, 3.63) is 57.7 Å². The Morgan fingerprint density at radius 1 is 1.19 bits per heavy atom. The van der Waals surface area contributed by atoms with Crippen LogP contribution in [-0.2, 0) is 7.05 Å². The maximum atomic E-state index is 12.2. The standard InChI is InChI=1S/C16H13IN2OS/c1-19-14-5-3-2-4-13(14)18-16(19)21-10-15(20)11-6-8-12(17)9-7-11/h2-9H,10H2,1H3. The second kappa shape index (κ2) is 6.19. The fourth-order valence-electron chi connectivity index (χ4n) is 2.10. The molecule has 0 N–H and O–H groups in total. The number of aryl methyl sites for hydroxylation is 1. The minimum Gasteiger partial charge on any atom is -0.322 e. The monoisotopic (exact) mass is 408 g/mol. The highest BCUT2D eigenvalue weighted by Crippen LogP contribution is 2.23. The van der Waals surface area contributed by atoms with Crippen LogP contribution in [0.15, 0.2) is 53.7 Å². The van der Waals surface area contributed by atoms with Gasteiger partial charge in [-0.3, -0.25) is 4.79 Å². The van der Waals surface area contributed by atoms with E-state index in [0.29, 0.717) is 5.75 Å². The summed E-state index contributed by atoms with van der Waals surface area (Å²) in [4.78, 5) is 16.8. The lowest BCUT2D eigenvalue weighted by molar-refractivity contribution is 0.102. The van der Waals surface area contributed by atoms with Crippen LogP contribution in [0, 0.1) is 3.57 Å². The first-order valence-electron chi connectivity index (χ1n) is 6.48. The van der Waals surface area contributed by atoms with Gasteiger partial charge in [0.1, 0.15) is 0 Å². The van der Waals surface area contributed by atoms with Crippen molar-refractivity contribution in [1.82, 2.24) is 9.55 Å². The Morgan fingerprint density at radius 2 is 1.90 bits per heavy atom. The summed E-state index contributed by atoms with van der Waals surface area (Å²) in [6, 6.07) is 15.6. The molecule has 0 aliphatic carbocycles. The van der Waals surface area contributed by atoms with Gasteiger partial charge in [0.2, 0.25) is 0 Å². The third-order valence-electron chi connectivity index (χ3n) is 3.24. The quantitative estimate of drug-likeness (QED) is 0.370. The first kappa shape index (κ1) is 14.6. The smallest absolute Gasteiger partial charge is 0.173 e. The van der Waals surface area contributed by atoms with Gasteiger partial charge in [0.25, 0.3) is 0 Å². The van der Waals surface area contributed by atoms with Gasteiger partial charge in [-0.2, -0.15) is 0 Å². The fourth-order valence-corrected chi connectivity index (χ4v) is 3.34. The normalized spacial score (nSPS) is 11.0. The van der Waals surface area contributed by atoms with E-state index in [0.717, 1.165) is 25.3 Å². The molecule has 5 heteroatoms. The first-order chi connectivity index (χ1) is 10.1. The second-order valence-corrected chi connectivity index (χ2v) is 6.85. The Kier molecular flexibility index (Phi) is 4.30. The zero-order valence-corrected chi connectivity index (χ0v) is 14.4. The number of rotatable bonds is 4. The highest BCUT2D eigenvalue weighted by molar-refractivity contribution is 14.1. The number of para-hydroxylation sites is 2. The molecule has 1 heterocycles. The molecule has 0 atom stereocenters. The number of thioether (sulfide) groups is 1. The van der Waals surface area contributed by atoms with Crippen LogP contribution in [0.5, 0.6) is 0 Å². The van der Waals surface area contributed by atoms with Gasteiger partial charge in [0.15, 0.2) is 10.9 Å². The molecule has 2 aromatic carbocycles. The van der Waals surface area contributed by atoms with Gasteiger partial charge in [0, 0.05) is 16.2 Å². The van der Waals surface area contributed by atoms with E-state index in [1.165, 1.54) is 11.8 Å². The number of carbonyl (C=O) groups excluding carboxylic acids is 1. The fraction of sp³-hybridized carbons (Fsp3) is 0.125. The van der Waals surface area contributed by atoms with E-state index in [2.05, 4.69) is 27.6 Å². The molecule has 0 radical (unpaired) electrons. The van der Waals surface area contributed by atoms with Crippen LogP contribution in [0.4, 0.5) is 0 Å². The summed E-state index contributed by atoms with van der Waals surface area (Å²) in [6.45, 7) is 0. The largest absolute Gasteiger partial charge is 0.322 e. The van der Waals surface area contributed by atoms with Crippen molar-refractivity contribution < 1.29 is 4.79 Å². The van der Waals surface area contributed by atoms with Crippen LogP contribution in [0.2, 0.25) is 0 Å². The van der Waals surface area contributed by atoms with Crippen LogP contribution in [0.3, 0.4) is 0 Å². The topological polar surface area (TPSA) is 34.9 Å². The van der Waals surface area contributed by atoms with Gasteiger partial charge >= 0.3 is 0 Å². The SMILES string of the molecule is Cn1c(SCC(=O)c2ccc(I)cc2)nc2ccccc21. The van der Waals surface area contributed by atoms with E-state index < -0.39 is 0 Å².